The van der Waals surface area contributed by atoms with E-state index in [1.165, 1.54) is 13.8 Å². The lowest BCUT2D eigenvalue weighted by molar-refractivity contribution is -0.923. The monoisotopic (exact) mass is 300 g/mol. The van der Waals surface area contributed by atoms with Crippen molar-refractivity contribution in [3.05, 3.63) is 12.7 Å². The minimum atomic E-state index is -1.52. The van der Waals surface area contributed by atoms with Crippen LogP contribution < -0.4 is 10.4 Å². The SMILES string of the molecule is C=CCNCCCC(C(=O)[O-])(C(C)(C)C(=O)O)[N+](C)(C)C. The smallest absolute Gasteiger partial charge is 0.315 e. The van der Waals surface area contributed by atoms with E-state index in [1.807, 2.05) is 0 Å². The van der Waals surface area contributed by atoms with E-state index in [4.69, 9.17) is 0 Å². The van der Waals surface area contributed by atoms with E-state index in [2.05, 4.69) is 11.9 Å². The average molecular weight is 300 g/mol. The van der Waals surface area contributed by atoms with E-state index in [-0.39, 0.29) is 10.9 Å². The van der Waals surface area contributed by atoms with Gasteiger partial charge >= 0.3 is 5.97 Å². The third-order valence-electron chi connectivity index (χ3n) is 4.23. The molecule has 0 aliphatic heterocycles. The molecule has 2 N–H and O–H groups in total. The summed E-state index contributed by atoms with van der Waals surface area (Å²) in [5.41, 5.74) is -2.97. The number of nitrogens with zero attached hydrogens (tertiary/aromatic N) is 1. The largest absolute Gasteiger partial charge is 0.544 e. The first-order chi connectivity index (χ1) is 9.45. The Kier molecular flexibility index (Phi) is 6.57. The van der Waals surface area contributed by atoms with Gasteiger partial charge in [-0.1, -0.05) is 6.08 Å². The van der Waals surface area contributed by atoms with Gasteiger partial charge in [-0.05, 0) is 26.8 Å². The van der Waals surface area contributed by atoms with Crippen LogP contribution in [0.1, 0.15) is 26.7 Å². The first-order valence-electron chi connectivity index (χ1n) is 7.03. The molecule has 0 radical (unpaired) electrons. The number of carboxylic acids is 2. The predicted octanol–water partition coefficient (Wildman–Crippen LogP) is -0.152. The molecule has 1 unspecified atom stereocenters. The van der Waals surface area contributed by atoms with Gasteiger partial charge in [0, 0.05) is 13.0 Å². The molecule has 122 valence electrons. The fourth-order valence-electron chi connectivity index (χ4n) is 2.97. The molecule has 0 saturated carbocycles. The zero-order chi connectivity index (χ0) is 16.9. The molecular weight excluding hydrogens is 272 g/mol. The van der Waals surface area contributed by atoms with Gasteiger partial charge < -0.3 is 24.8 Å². The van der Waals surface area contributed by atoms with Crippen LogP contribution in [-0.2, 0) is 9.59 Å². The van der Waals surface area contributed by atoms with E-state index >= 15 is 0 Å². The quantitative estimate of drug-likeness (QED) is 0.333. The Bertz CT molecular complexity index is 399. The highest BCUT2D eigenvalue weighted by atomic mass is 16.4. The topological polar surface area (TPSA) is 89.5 Å². The molecule has 6 heteroatoms. The predicted molar refractivity (Wildman–Crippen MR) is 79.5 cm³/mol. The van der Waals surface area contributed by atoms with E-state index < -0.39 is 22.9 Å². The molecule has 0 aromatic rings. The van der Waals surface area contributed by atoms with Gasteiger partial charge in [0.25, 0.3) is 0 Å². The summed E-state index contributed by atoms with van der Waals surface area (Å²) in [4.78, 5) is 23.5. The van der Waals surface area contributed by atoms with Gasteiger partial charge in [0.05, 0.1) is 21.1 Å². The van der Waals surface area contributed by atoms with Crippen molar-refractivity contribution < 1.29 is 24.3 Å². The van der Waals surface area contributed by atoms with Crippen molar-refractivity contribution in [2.24, 2.45) is 5.41 Å². The van der Waals surface area contributed by atoms with Crippen molar-refractivity contribution in [3.8, 4) is 0 Å². The number of carbonyl (C=O) groups is 2. The number of rotatable bonds is 10. The Morgan fingerprint density at radius 1 is 1.33 bits per heavy atom. The lowest BCUT2D eigenvalue weighted by Crippen LogP contribution is -2.74. The van der Waals surface area contributed by atoms with Crippen molar-refractivity contribution in [1.29, 1.82) is 0 Å². The van der Waals surface area contributed by atoms with Crippen molar-refractivity contribution in [2.45, 2.75) is 32.2 Å². The van der Waals surface area contributed by atoms with Gasteiger partial charge in [-0.15, -0.1) is 6.58 Å². The Labute approximate surface area is 127 Å². The van der Waals surface area contributed by atoms with Crippen LogP contribution in [0.3, 0.4) is 0 Å². The Hall–Kier alpha value is -1.40. The van der Waals surface area contributed by atoms with Gasteiger partial charge in [0.15, 0.2) is 5.54 Å². The summed E-state index contributed by atoms with van der Waals surface area (Å²) in [5, 5.41) is 24.5. The summed E-state index contributed by atoms with van der Waals surface area (Å²) in [6.07, 6.45) is 2.46. The second kappa shape index (κ2) is 7.04. The van der Waals surface area contributed by atoms with Crippen molar-refractivity contribution in [1.82, 2.24) is 5.32 Å². The summed E-state index contributed by atoms with van der Waals surface area (Å²) in [7, 11) is 5.08. The third-order valence-corrected chi connectivity index (χ3v) is 4.23. The molecule has 0 fully saturated rings. The number of nitrogens with one attached hydrogen (secondary N) is 1. The molecule has 0 saturated heterocycles. The molecule has 0 aliphatic rings. The second-order valence-electron chi connectivity index (χ2n) is 6.69. The molecule has 21 heavy (non-hydrogen) atoms. The number of aliphatic carboxylic acids is 2. The Balaban J connectivity index is 5.50. The number of carbonyl (C=O) groups excluding carboxylic acids is 1. The van der Waals surface area contributed by atoms with Crippen LogP contribution in [0.2, 0.25) is 0 Å². The molecule has 6 nitrogen and oxygen atoms in total. The second-order valence-corrected chi connectivity index (χ2v) is 6.69. The van der Waals surface area contributed by atoms with Gasteiger partial charge in [0.1, 0.15) is 11.4 Å². The average Bonchev–Trinajstić information content (AvgIpc) is 2.30. The van der Waals surface area contributed by atoms with E-state index in [9.17, 15) is 19.8 Å². The van der Waals surface area contributed by atoms with Crippen LogP contribution >= 0.6 is 0 Å². The van der Waals surface area contributed by atoms with Crippen LogP contribution in [0.25, 0.3) is 0 Å². The maximum absolute atomic E-state index is 11.9. The number of hydrogen-bond acceptors (Lipinski definition) is 4. The molecule has 0 aromatic carbocycles. The fourth-order valence-corrected chi connectivity index (χ4v) is 2.97. The number of quaternary nitrogens is 1. The van der Waals surface area contributed by atoms with E-state index in [0.717, 1.165) is 0 Å². The zero-order valence-corrected chi connectivity index (χ0v) is 13.7. The van der Waals surface area contributed by atoms with Crippen LogP contribution in [0.15, 0.2) is 12.7 Å². The number of hydrogen-bond donors (Lipinski definition) is 2. The molecule has 0 heterocycles. The summed E-state index contributed by atoms with van der Waals surface area (Å²) in [5.74, 6) is -2.47. The highest BCUT2D eigenvalue weighted by Gasteiger charge is 2.60. The normalized spacial score (nSPS) is 15.3. The van der Waals surface area contributed by atoms with Crippen molar-refractivity contribution in [2.75, 3.05) is 34.2 Å². The van der Waals surface area contributed by atoms with Crippen molar-refractivity contribution in [3.63, 3.8) is 0 Å². The summed E-state index contributed by atoms with van der Waals surface area (Å²) < 4.78 is -0.0178. The first kappa shape index (κ1) is 19.6. The van der Waals surface area contributed by atoms with E-state index in [0.29, 0.717) is 19.5 Å². The highest BCUT2D eigenvalue weighted by Crippen LogP contribution is 2.42. The maximum Gasteiger partial charge on any atom is 0.315 e. The van der Waals surface area contributed by atoms with Crippen LogP contribution in [0.5, 0.6) is 0 Å². The summed E-state index contributed by atoms with van der Waals surface area (Å²) >= 11 is 0. The third kappa shape index (κ3) is 3.83. The van der Waals surface area contributed by atoms with Crippen LogP contribution in [0, 0.1) is 5.41 Å². The lowest BCUT2D eigenvalue weighted by atomic mass is 9.67. The molecule has 1 atom stereocenters. The maximum atomic E-state index is 11.9. The lowest BCUT2D eigenvalue weighted by Gasteiger charge is -2.53. The molecule has 0 spiro atoms. The van der Waals surface area contributed by atoms with Gasteiger partial charge in [0.2, 0.25) is 0 Å². The molecule has 0 bridgehead atoms. The molecular formula is C15H28N2O4. The van der Waals surface area contributed by atoms with Gasteiger partial charge in [-0.2, -0.15) is 0 Å². The Morgan fingerprint density at radius 2 is 1.86 bits per heavy atom. The molecule has 0 rings (SSSR count). The molecule has 0 amide bonds. The molecule has 0 aliphatic carbocycles. The molecule has 0 aromatic heterocycles. The summed E-state index contributed by atoms with van der Waals surface area (Å²) in [6, 6.07) is 0. The minimum Gasteiger partial charge on any atom is -0.544 e. The van der Waals surface area contributed by atoms with Crippen molar-refractivity contribution >= 4 is 11.9 Å². The number of likely N-dealkylation sites (N-methyl/N-ethyl adjacent to an activating group) is 1. The van der Waals surface area contributed by atoms with Crippen LogP contribution in [-0.4, -0.2) is 61.3 Å². The highest BCUT2D eigenvalue weighted by molar-refractivity contribution is 5.87. The number of carboxylic acid groups (broad SMARTS) is 2. The minimum absolute atomic E-state index is 0.0178. The standard InChI is InChI=1S/C15H28N2O4/c1-7-10-16-11-8-9-15(13(20)21,17(4,5)6)14(2,3)12(18)19/h7,16H,1,8-11H2,2-6H3,(H-,18,19,20,21). The zero-order valence-electron chi connectivity index (χ0n) is 13.7. The Morgan fingerprint density at radius 3 is 2.19 bits per heavy atom. The first-order valence-corrected chi connectivity index (χ1v) is 7.03. The van der Waals surface area contributed by atoms with E-state index in [1.54, 1.807) is 27.2 Å². The fraction of sp³-hybridized carbons (Fsp3) is 0.733. The van der Waals surface area contributed by atoms with Crippen LogP contribution in [0.4, 0.5) is 0 Å². The van der Waals surface area contributed by atoms with Gasteiger partial charge in [-0.25, -0.2) is 0 Å². The summed E-state index contributed by atoms with van der Waals surface area (Å²) in [6.45, 7) is 7.71. The van der Waals surface area contributed by atoms with Gasteiger partial charge in [-0.3, -0.25) is 4.79 Å².